The quantitative estimate of drug-likeness (QED) is 0.385. The number of nitrogens with one attached hydrogen (secondary N) is 3. The third-order valence-electron chi connectivity index (χ3n) is 3.63. The van der Waals surface area contributed by atoms with Crippen LogP contribution in [0, 0.1) is 0 Å². The fourth-order valence-electron chi connectivity index (χ4n) is 2.17. The van der Waals surface area contributed by atoms with E-state index in [4.69, 9.17) is 4.74 Å². The number of benzene rings is 1. The molecule has 1 aromatic carbocycles. The predicted molar refractivity (Wildman–Crippen MR) is 91.6 cm³/mol. The first kappa shape index (κ1) is 17.1. The molecule has 0 radical (unpaired) electrons. The SMILES string of the molecule is CN=C(NCCCC(=O)NC1CC1)NCc1cccc(OC)c1. The van der Waals surface area contributed by atoms with Crippen LogP contribution >= 0.6 is 0 Å². The summed E-state index contributed by atoms with van der Waals surface area (Å²) in [5.41, 5.74) is 1.12. The zero-order chi connectivity index (χ0) is 16.5. The van der Waals surface area contributed by atoms with E-state index in [1.807, 2.05) is 24.3 Å². The van der Waals surface area contributed by atoms with Crippen molar-refractivity contribution in [3.05, 3.63) is 29.8 Å². The first-order valence-electron chi connectivity index (χ1n) is 8.08. The minimum Gasteiger partial charge on any atom is -0.497 e. The standard InChI is InChI=1S/C17H26N4O2/c1-18-17(19-10-4-7-16(22)21-14-8-9-14)20-12-13-5-3-6-15(11-13)23-2/h3,5-6,11,14H,4,7-10,12H2,1-2H3,(H,21,22)(H2,18,19,20). The van der Waals surface area contributed by atoms with Crippen molar-refractivity contribution in [1.82, 2.24) is 16.0 Å². The molecule has 1 aliphatic rings. The van der Waals surface area contributed by atoms with Crippen LogP contribution in [-0.4, -0.2) is 38.6 Å². The van der Waals surface area contributed by atoms with E-state index < -0.39 is 0 Å². The van der Waals surface area contributed by atoms with E-state index in [-0.39, 0.29) is 5.91 Å². The Morgan fingerprint density at radius 3 is 2.87 bits per heavy atom. The summed E-state index contributed by atoms with van der Waals surface area (Å²) in [5, 5.41) is 9.46. The lowest BCUT2D eigenvalue weighted by atomic mass is 10.2. The molecule has 1 saturated carbocycles. The molecule has 126 valence electrons. The molecule has 2 rings (SSSR count). The van der Waals surface area contributed by atoms with Gasteiger partial charge in [-0.15, -0.1) is 0 Å². The van der Waals surface area contributed by atoms with Crippen molar-refractivity contribution >= 4 is 11.9 Å². The lowest BCUT2D eigenvalue weighted by Gasteiger charge is -2.12. The fraction of sp³-hybridized carbons (Fsp3) is 0.529. The van der Waals surface area contributed by atoms with Crippen molar-refractivity contribution in [3.63, 3.8) is 0 Å². The van der Waals surface area contributed by atoms with Gasteiger partial charge >= 0.3 is 0 Å². The second-order valence-corrected chi connectivity index (χ2v) is 5.65. The summed E-state index contributed by atoms with van der Waals surface area (Å²) in [6.45, 7) is 1.38. The Morgan fingerprint density at radius 2 is 2.17 bits per heavy atom. The Labute approximate surface area is 137 Å². The molecule has 0 aliphatic heterocycles. The molecule has 0 saturated heterocycles. The zero-order valence-corrected chi connectivity index (χ0v) is 13.9. The predicted octanol–water partition coefficient (Wildman–Crippen LogP) is 1.42. The van der Waals surface area contributed by atoms with Crippen LogP contribution in [0.3, 0.4) is 0 Å². The summed E-state index contributed by atoms with van der Waals surface area (Å²) in [4.78, 5) is 15.8. The normalized spacial score (nSPS) is 14.3. The van der Waals surface area contributed by atoms with Gasteiger partial charge in [0.25, 0.3) is 0 Å². The van der Waals surface area contributed by atoms with Crippen LogP contribution in [0.1, 0.15) is 31.2 Å². The Morgan fingerprint density at radius 1 is 1.35 bits per heavy atom. The number of carbonyl (C=O) groups excluding carboxylic acids is 1. The van der Waals surface area contributed by atoms with E-state index in [2.05, 4.69) is 20.9 Å². The van der Waals surface area contributed by atoms with Gasteiger partial charge in [0.15, 0.2) is 5.96 Å². The van der Waals surface area contributed by atoms with Crippen molar-refractivity contribution in [2.24, 2.45) is 4.99 Å². The number of ether oxygens (including phenoxy) is 1. The second-order valence-electron chi connectivity index (χ2n) is 5.65. The molecule has 0 spiro atoms. The summed E-state index contributed by atoms with van der Waals surface area (Å²) >= 11 is 0. The number of aliphatic imine (C=N–C) groups is 1. The molecule has 0 bridgehead atoms. The summed E-state index contributed by atoms with van der Waals surface area (Å²) in [5.74, 6) is 1.72. The molecule has 1 amide bonds. The number of hydrogen-bond acceptors (Lipinski definition) is 3. The summed E-state index contributed by atoms with van der Waals surface area (Å²) < 4.78 is 5.21. The highest BCUT2D eigenvalue weighted by molar-refractivity contribution is 5.80. The van der Waals surface area contributed by atoms with E-state index in [9.17, 15) is 4.79 Å². The number of nitrogens with zero attached hydrogens (tertiary/aromatic N) is 1. The largest absolute Gasteiger partial charge is 0.497 e. The van der Waals surface area contributed by atoms with Gasteiger partial charge in [0.2, 0.25) is 5.91 Å². The van der Waals surface area contributed by atoms with E-state index in [0.29, 0.717) is 19.0 Å². The molecule has 6 heteroatoms. The molecule has 6 nitrogen and oxygen atoms in total. The number of guanidine groups is 1. The molecule has 0 heterocycles. The van der Waals surface area contributed by atoms with Gasteiger partial charge in [-0.2, -0.15) is 0 Å². The Bertz CT molecular complexity index is 541. The Hall–Kier alpha value is -2.24. The van der Waals surface area contributed by atoms with Gasteiger partial charge in [0, 0.05) is 32.6 Å². The number of amides is 1. The topological polar surface area (TPSA) is 74.8 Å². The lowest BCUT2D eigenvalue weighted by Crippen LogP contribution is -2.37. The number of rotatable bonds is 8. The number of hydrogen-bond donors (Lipinski definition) is 3. The molecule has 1 aliphatic carbocycles. The first-order valence-corrected chi connectivity index (χ1v) is 8.08. The molecule has 0 atom stereocenters. The van der Waals surface area contributed by atoms with Gasteiger partial charge in [0.1, 0.15) is 5.75 Å². The van der Waals surface area contributed by atoms with Gasteiger partial charge in [-0.1, -0.05) is 12.1 Å². The van der Waals surface area contributed by atoms with Crippen LogP contribution in [0.15, 0.2) is 29.3 Å². The van der Waals surface area contributed by atoms with Crippen LogP contribution in [0.4, 0.5) is 0 Å². The van der Waals surface area contributed by atoms with Crippen LogP contribution < -0.4 is 20.7 Å². The van der Waals surface area contributed by atoms with Crippen molar-refractivity contribution in [3.8, 4) is 5.75 Å². The molecule has 3 N–H and O–H groups in total. The number of methoxy groups -OCH3 is 1. The van der Waals surface area contributed by atoms with Crippen LogP contribution in [0.5, 0.6) is 5.75 Å². The van der Waals surface area contributed by atoms with Crippen LogP contribution in [0.25, 0.3) is 0 Å². The molecular formula is C17H26N4O2. The smallest absolute Gasteiger partial charge is 0.220 e. The monoisotopic (exact) mass is 318 g/mol. The van der Waals surface area contributed by atoms with Crippen molar-refractivity contribution in [1.29, 1.82) is 0 Å². The van der Waals surface area contributed by atoms with Crippen molar-refractivity contribution in [2.75, 3.05) is 20.7 Å². The van der Waals surface area contributed by atoms with Gasteiger partial charge in [-0.05, 0) is 37.0 Å². The summed E-state index contributed by atoms with van der Waals surface area (Å²) in [6.07, 6.45) is 3.60. The fourth-order valence-corrected chi connectivity index (χ4v) is 2.17. The highest BCUT2D eigenvalue weighted by Crippen LogP contribution is 2.18. The Kier molecular flexibility index (Phi) is 6.72. The summed E-state index contributed by atoms with van der Waals surface area (Å²) in [6, 6.07) is 8.34. The van der Waals surface area contributed by atoms with E-state index in [0.717, 1.165) is 43.1 Å². The zero-order valence-electron chi connectivity index (χ0n) is 13.9. The third-order valence-corrected chi connectivity index (χ3v) is 3.63. The van der Waals surface area contributed by atoms with Gasteiger partial charge < -0.3 is 20.7 Å². The molecular weight excluding hydrogens is 292 g/mol. The van der Waals surface area contributed by atoms with Gasteiger partial charge in [-0.3, -0.25) is 9.79 Å². The first-order chi connectivity index (χ1) is 11.2. The van der Waals surface area contributed by atoms with Crippen molar-refractivity contribution in [2.45, 2.75) is 38.3 Å². The highest BCUT2D eigenvalue weighted by Gasteiger charge is 2.22. The lowest BCUT2D eigenvalue weighted by molar-refractivity contribution is -0.121. The second kappa shape index (κ2) is 9.02. The minimum absolute atomic E-state index is 0.147. The molecule has 0 aromatic heterocycles. The third kappa shape index (κ3) is 6.59. The van der Waals surface area contributed by atoms with Crippen molar-refractivity contribution < 1.29 is 9.53 Å². The van der Waals surface area contributed by atoms with Crippen LogP contribution in [-0.2, 0) is 11.3 Å². The highest BCUT2D eigenvalue weighted by atomic mass is 16.5. The summed E-state index contributed by atoms with van der Waals surface area (Å²) in [7, 11) is 3.40. The minimum atomic E-state index is 0.147. The average Bonchev–Trinajstić information content (AvgIpc) is 3.38. The molecule has 23 heavy (non-hydrogen) atoms. The molecule has 1 aromatic rings. The maximum absolute atomic E-state index is 11.6. The van der Waals surface area contributed by atoms with E-state index in [1.54, 1.807) is 14.2 Å². The van der Waals surface area contributed by atoms with E-state index >= 15 is 0 Å². The van der Waals surface area contributed by atoms with E-state index in [1.165, 1.54) is 0 Å². The average molecular weight is 318 g/mol. The van der Waals surface area contributed by atoms with Gasteiger partial charge in [-0.25, -0.2) is 0 Å². The Balaban J connectivity index is 1.63. The van der Waals surface area contributed by atoms with Crippen LogP contribution in [0.2, 0.25) is 0 Å². The number of carbonyl (C=O) groups is 1. The maximum atomic E-state index is 11.6. The molecule has 1 fully saturated rings. The maximum Gasteiger partial charge on any atom is 0.220 e. The molecule has 0 unspecified atom stereocenters. The van der Waals surface area contributed by atoms with Gasteiger partial charge in [0.05, 0.1) is 7.11 Å².